The van der Waals surface area contributed by atoms with Crippen LogP contribution in [-0.4, -0.2) is 28.7 Å². The van der Waals surface area contributed by atoms with Crippen LogP contribution in [0.4, 0.5) is 0 Å². The molecule has 2 heterocycles. The fraction of sp³-hybridized carbons (Fsp3) is 0.250. The van der Waals surface area contributed by atoms with Gasteiger partial charge in [-0.05, 0) is 23.8 Å². The fourth-order valence-corrected chi connectivity index (χ4v) is 3.63. The SMILES string of the molecule is COc1ccccc1CN1C(=O)CSC1c1ccncc1. The molecule has 0 radical (unpaired) electrons. The minimum Gasteiger partial charge on any atom is -0.496 e. The number of amides is 1. The van der Waals surface area contributed by atoms with Crippen molar-refractivity contribution in [2.45, 2.75) is 11.9 Å². The number of pyridine rings is 1. The molecule has 108 valence electrons. The second kappa shape index (κ2) is 6.18. The first-order chi connectivity index (χ1) is 10.3. The number of thioether (sulfide) groups is 1. The number of para-hydroxylation sites is 1. The number of ether oxygens (including phenoxy) is 1. The van der Waals surface area contributed by atoms with E-state index in [0.29, 0.717) is 12.3 Å². The van der Waals surface area contributed by atoms with Crippen molar-refractivity contribution in [3.8, 4) is 5.75 Å². The predicted molar refractivity (Wildman–Crippen MR) is 83.0 cm³/mol. The van der Waals surface area contributed by atoms with Gasteiger partial charge in [0.05, 0.1) is 19.4 Å². The molecular weight excluding hydrogens is 284 g/mol. The second-order valence-electron chi connectivity index (χ2n) is 4.78. The monoisotopic (exact) mass is 300 g/mol. The van der Waals surface area contributed by atoms with Crippen molar-refractivity contribution in [2.75, 3.05) is 12.9 Å². The third kappa shape index (κ3) is 2.88. The minimum absolute atomic E-state index is 0.0467. The van der Waals surface area contributed by atoms with Crippen molar-refractivity contribution in [3.63, 3.8) is 0 Å². The first-order valence-corrected chi connectivity index (χ1v) is 7.77. The third-order valence-electron chi connectivity index (χ3n) is 3.49. The zero-order valence-electron chi connectivity index (χ0n) is 11.7. The number of hydrogen-bond acceptors (Lipinski definition) is 4. The number of nitrogens with zero attached hydrogens (tertiary/aromatic N) is 2. The van der Waals surface area contributed by atoms with Gasteiger partial charge in [0.25, 0.3) is 0 Å². The maximum absolute atomic E-state index is 12.2. The first-order valence-electron chi connectivity index (χ1n) is 6.72. The van der Waals surface area contributed by atoms with Crippen molar-refractivity contribution in [1.82, 2.24) is 9.88 Å². The van der Waals surface area contributed by atoms with Gasteiger partial charge in [-0.25, -0.2) is 0 Å². The Morgan fingerprint density at radius 3 is 2.81 bits per heavy atom. The first kappa shape index (κ1) is 13.9. The Kier molecular flexibility index (Phi) is 4.10. The molecule has 1 aromatic carbocycles. The van der Waals surface area contributed by atoms with Crippen molar-refractivity contribution in [3.05, 3.63) is 59.9 Å². The standard InChI is InChI=1S/C16H16N2O2S/c1-20-14-5-3-2-4-13(14)10-18-15(19)11-21-16(18)12-6-8-17-9-7-12/h2-9,16H,10-11H2,1H3. The molecule has 2 aromatic rings. The fourth-order valence-electron chi connectivity index (χ4n) is 2.45. The summed E-state index contributed by atoms with van der Waals surface area (Å²) in [6, 6.07) is 11.7. The summed E-state index contributed by atoms with van der Waals surface area (Å²) in [4.78, 5) is 18.2. The van der Waals surface area contributed by atoms with Crippen LogP contribution in [0.1, 0.15) is 16.5 Å². The molecule has 3 rings (SSSR count). The summed E-state index contributed by atoms with van der Waals surface area (Å²) in [5.41, 5.74) is 2.13. The van der Waals surface area contributed by atoms with Gasteiger partial charge in [0.2, 0.25) is 5.91 Å². The van der Waals surface area contributed by atoms with Crippen molar-refractivity contribution in [1.29, 1.82) is 0 Å². The highest BCUT2D eigenvalue weighted by Gasteiger charge is 2.33. The Bertz CT molecular complexity index is 633. The average Bonchev–Trinajstić information content (AvgIpc) is 2.90. The van der Waals surface area contributed by atoms with Crippen LogP contribution in [0.5, 0.6) is 5.75 Å². The molecule has 1 amide bonds. The van der Waals surface area contributed by atoms with E-state index in [1.807, 2.05) is 41.3 Å². The molecule has 4 nitrogen and oxygen atoms in total. The van der Waals surface area contributed by atoms with E-state index in [2.05, 4.69) is 4.98 Å². The number of rotatable bonds is 4. The summed E-state index contributed by atoms with van der Waals surface area (Å²) in [6.07, 6.45) is 3.53. The van der Waals surface area contributed by atoms with Crippen LogP contribution in [0, 0.1) is 0 Å². The Labute approximate surface area is 128 Å². The molecule has 1 atom stereocenters. The zero-order valence-corrected chi connectivity index (χ0v) is 12.5. The lowest BCUT2D eigenvalue weighted by molar-refractivity contribution is -0.128. The van der Waals surface area contributed by atoms with Crippen molar-refractivity contribution >= 4 is 17.7 Å². The number of hydrogen-bond donors (Lipinski definition) is 0. The van der Waals surface area contributed by atoms with Crippen molar-refractivity contribution < 1.29 is 9.53 Å². The summed E-state index contributed by atoms with van der Waals surface area (Å²) in [5.74, 6) is 1.49. The molecule has 1 aliphatic heterocycles. The third-order valence-corrected chi connectivity index (χ3v) is 4.75. The number of aromatic nitrogens is 1. The van der Waals surface area contributed by atoms with Crippen LogP contribution in [0.2, 0.25) is 0 Å². The van der Waals surface area contributed by atoms with E-state index in [1.165, 1.54) is 0 Å². The lowest BCUT2D eigenvalue weighted by atomic mass is 10.1. The van der Waals surface area contributed by atoms with E-state index >= 15 is 0 Å². The molecular formula is C16H16N2O2S. The summed E-state index contributed by atoms with van der Waals surface area (Å²) >= 11 is 1.65. The molecule has 5 heteroatoms. The minimum atomic E-state index is 0.0467. The number of carbonyl (C=O) groups is 1. The van der Waals surface area contributed by atoms with E-state index in [4.69, 9.17) is 4.74 Å². The smallest absolute Gasteiger partial charge is 0.234 e. The molecule has 21 heavy (non-hydrogen) atoms. The van der Waals surface area contributed by atoms with Gasteiger partial charge in [-0.15, -0.1) is 11.8 Å². The quantitative estimate of drug-likeness (QED) is 0.871. The summed E-state index contributed by atoms with van der Waals surface area (Å²) in [6.45, 7) is 0.558. The average molecular weight is 300 g/mol. The maximum atomic E-state index is 12.2. The van der Waals surface area contributed by atoms with E-state index in [-0.39, 0.29) is 11.3 Å². The maximum Gasteiger partial charge on any atom is 0.234 e. The van der Waals surface area contributed by atoms with Gasteiger partial charge in [-0.2, -0.15) is 0 Å². The Morgan fingerprint density at radius 2 is 2.05 bits per heavy atom. The Morgan fingerprint density at radius 1 is 1.29 bits per heavy atom. The summed E-state index contributed by atoms with van der Waals surface area (Å²) < 4.78 is 5.38. The molecule has 0 N–H and O–H groups in total. The largest absolute Gasteiger partial charge is 0.496 e. The van der Waals surface area contributed by atoms with Crippen LogP contribution in [-0.2, 0) is 11.3 Å². The van der Waals surface area contributed by atoms with Crippen LogP contribution < -0.4 is 4.74 Å². The van der Waals surface area contributed by atoms with Gasteiger partial charge < -0.3 is 9.64 Å². The molecule has 0 bridgehead atoms. The Hall–Kier alpha value is -2.01. The summed E-state index contributed by atoms with van der Waals surface area (Å²) in [5, 5.41) is 0.0467. The van der Waals surface area contributed by atoms with E-state index in [0.717, 1.165) is 16.9 Å². The summed E-state index contributed by atoms with van der Waals surface area (Å²) in [7, 11) is 1.65. The van der Waals surface area contributed by atoms with Gasteiger partial charge >= 0.3 is 0 Å². The number of benzene rings is 1. The van der Waals surface area contributed by atoms with Gasteiger partial charge in [-0.1, -0.05) is 18.2 Å². The van der Waals surface area contributed by atoms with Crippen LogP contribution in [0.25, 0.3) is 0 Å². The highest BCUT2D eigenvalue weighted by atomic mass is 32.2. The van der Waals surface area contributed by atoms with Crippen LogP contribution in [0.3, 0.4) is 0 Å². The molecule has 1 fully saturated rings. The molecule has 1 aromatic heterocycles. The predicted octanol–water partition coefficient (Wildman–Crippen LogP) is 2.86. The molecule has 1 unspecified atom stereocenters. The van der Waals surface area contributed by atoms with E-state index in [9.17, 15) is 4.79 Å². The van der Waals surface area contributed by atoms with E-state index in [1.54, 1.807) is 31.3 Å². The lowest BCUT2D eigenvalue weighted by Gasteiger charge is -2.25. The topological polar surface area (TPSA) is 42.4 Å². The lowest BCUT2D eigenvalue weighted by Crippen LogP contribution is -2.27. The van der Waals surface area contributed by atoms with Gasteiger partial charge in [0.1, 0.15) is 11.1 Å². The highest BCUT2D eigenvalue weighted by molar-refractivity contribution is 8.00. The molecule has 0 spiro atoms. The number of carbonyl (C=O) groups excluding carboxylic acids is 1. The normalized spacial score (nSPS) is 18.0. The van der Waals surface area contributed by atoms with Crippen LogP contribution >= 0.6 is 11.8 Å². The zero-order chi connectivity index (χ0) is 14.7. The molecule has 1 saturated heterocycles. The van der Waals surface area contributed by atoms with Gasteiger partial charge in [0.15, 0.2) is 0 Å². The molecule has 0 saturated carbocycles. The highest BCUT2D eigenvalue weighted by Crippen LogP contribution is 2.39. The van der Waals surface area contributed by atoms with E-state index < -0.39 is 0 Å². The molecule has 0 aliphatic carbocycles. The van der Waals surface area contributed by atoms with Gasteiger partial charge in [0, 0.05) is 18.0 Å². The molecule has 1 aliphatic rings. The number of methoxy groups -OCH3 is 1. The van der Waals surface area contributed by atoms with Crippen LogP contribution in [0.15, 0.2) is 48.8 Å². The van der Waals surface area contributed by atoms with Crippen molar-refractivity contribution in [2.24, 2.45) is 0 Å². The van der Waals surface area contributed by atoms with Gasteiger partial charge in [-0.3, -0.25) is 9.78 Å². The second-order valence-corrected chi connectivity index (χ2v) is 5.85. The Balaban J connectivity index is 1.87.